The molecule has 0 aliphatic heterocycles. The van der Waals surface area contributed by atoms with Crippen molar-refractivity contribution in [3.63, 3.8) is 0 Å². The van der Waals surface area contributed by atoms with Crippen molar-refractivity contribution in [3.8, 4) is 0 Å². The molecule has 0 N–H and O–H groups in total. The zero-order chi connectivity index (χ0) is 8.81. The number of rotatable bonds is 3. The molecule has 1 heteroatoms. The van der Waals surface area contributed by atoms with Crippen molar-refractivity contribution < 1.29 is 4.79 Å². The Morgan fingerprint density at radius 3 is 2.50 bits per heavy atom. The Balaban J connectivity index is 2.51. The van der Waals surface area contributed by atoms with E-state index in [9.17, 15) is 4.79 Å². The van der Waals surface area contributed by atoms with Gasteiger partial charge in [0.25, 0.3) is 0 Å². The van der Waals surface area contributed by atoms with Crippen LogP contribution in [0, 0.1) is 5.92 Å². The molecule has 0 radical (unpaired) electrons. The Kier molecular flexibility index (Phi) is 4.06. The molecule has 1 aliphatic carbocycles. The quantitative estimate of drug-likeness (QED) is 0.465. The Hall–Kier alpha value is -0.590. The highest BCUT2D eigenvalue weighted by atomic mass is 16.1. The van der Waals surface area contributed by atoms with Crippen LogP contribution in [0.3, 0.4) is 0 Å². The van der Waals surface area contributed by atoms with E-state index in [1.165, 1.54) is 37.7 Å². The summed E-state index contributed by atoms with van der Waals surface area (Å²) in [5, 5.41) is 0. The molecule has 1 saturated carbocycles. The average molecular weight is 166 g/mol. The topological polar surface area (TPSA) is 17.1 Å². The van der Waals surface area contributed by atoms with Gasteiger partial charge < -0.3 is 0 Å². The molecule has 1 fully saturated rings. The molecule has 1 rings (SSSR count). The molecule has 0 unspecified atom stereocenters. The predicted molar refractivity (Wildman–Crippen MR) is 51.0 cm³/mol. The Morgan fingerprint density at radius 2 is 2.00 bits per heavy atom. The first-order valence-corrected chi connectivity index (χ1v) is 5.02. The van der Waals surface area contributed by atoms with Crippen LogP contribution in [0.5, 0.6) is 0 Å². The van der Waals surface area contributed by atoms with E-state index in [0.29, 0.717) is 5.92 Å². The third kappa shape index (κ3) is 2.47. The second-order valence-electron chi connectivity index (χ2n) is 3.57. The molecule has 0 spiro atoms. The van der Waals surface area contributed by atoms with Crippen LogP contribution < -0.4 is 0 Å². The second-order valence-corrected chi connectivity index (χ2v) is 3.57. The van der Waals surface area contributed by atoms with E-state index < -0.39 is 0 Å². The molecule has 0 aromatic carbocycles. The number of carbonyl (C=O) groups excluding carboxylic acids is 1. The van der Waals surface area contributed by atoms with Crippen LogP contribution in [0.25, 0.3) is 0 Å². The minimum Gasteiger partial charge on any atom is -0.299 e. The summed E-state index contributed by atoms with van der Waals surface area (Å²) in [5.41, 5.74) is 1.37. The minimum atomic E-state index is 0.717. The van der Waals surface area contributed by atoms with Gasteiger partial charge in [-0.25, -0.2) is 0 Å². The summed E-state index contributed by atoms with van der Waals surface area (Å²) in [6.45, 7) is 2.14. The lowest BCUT2D eigenvalue weighted by atomic mass is 9.83. The Morgan fingerprint density at radius 1 is 1.33 bits per heavy atom. The summed E-state index contributed by atoms with van der Waals surface area (Å²) in [7, 11) is 0. The molecule has 0 amide bonds. The normalized spacial score (nSPS) is 20.9. The number of hydrogen-bond acceptors (Lipinski definition) is 1. The number of carbonyl (C=O) groups is 1. The van der Waals surface area contributed by atoms with Gasteiger partial charge in [0.05, 0.1) is 0 Å². The van der Waals surface area contributed by atoms with E-state index >= 15 is 0 Å². The van der Waals surface area contributed by atoms with Gasteiger partial charge in [0.15, 0.2) is 0 Å². The summed E-state index contributed by atoms with van der Waals surface area (Å²) in [6, 6.07) is 0. The van der Waals surface area contributed by atoms with E-state index in [1.54, 1.807) is 6.08 Å². The van der Waals surface area contributed by atoms with Crippen molar-refractivity contribution in [2.24, 2.45) is 5.92 Å². The average Bonchev–Trinajstić information content (AvgIpc) is 2.15. The zero-order valence-electron chi connectivity index (χ0n) is 7.88. The lowest BCUT2D eigenvalue weighted by Gasteiger charge is -2.23. The molecule has 68 valence electrons. The summed E-state index contributed by atoms with van der Waals surface area (Å²) in [6.07, 6.45) is 10.4. The summed E-state index contributed by atoms with van der Waals surface area (Å²) in [4.78, 5) is 10.3. The molecular formula is C11H18O. The molecule has 0 aromatic heterocycles. The largest absolute Gasteiger partial charge is 0.299 e. The van der Waals surface area contributed by atoms with Gasteiger partial charge in [-0.1, -0.05) is 31.8 Å². The fourth-order valence-electron chi connectivity index (χ4n) is 2.10. The highest BCUT2D eigenvalue weighted by molar-refractivity contribution is 5.66. The molecular weight excluding hydrogens is 148 g/mol. The summed E-state index contributed by atoms with van der Waals surface area (Å²) >= 11 is 0. The highest BCUT2D eigenvalue weighted by Gasteiger charge is 2.15. The predicted octanol–water partition coefficient (Wildman–Crippen LogP) is 3.10. The highest BCUT2D eigenvalue weighted by Crippen LogP contribution is 2.30. The van der Waals surface area contributed by atoms with Gasteiger partial charge in [-0.05, 0) is 31.3 Å². The molecule has 0 heterocycles. The number of hydrogen-bond donors (Lipinski definition) is 0. The SMILES string of the molecule is CCC(=CC=O)C1CCCCC1. The maximum atomic E-state index is 10.3. The number of allylic oxidation sites excluding steroid dienone is 2. The molecule has 0 bridgehead atoms. The smallest absolute Gasteiger partial charge is 0.142 e. The first-order chi connectivity index (χ1) is 5.88. The molecule has 12 heavy (non-hydrogen) atoms. The molecule has 0 atom stereocenters. The molecule has 0 aromatic rings. The number of aldehydes is 1. The summed E-state index contributed by atoms with van der Waals surface area (Å²) in [5.74, 6) is 0.717. The Labute approximate surface area is 74.9 Å². The van der Waals surface area contributed by atoms with Crippen molar-refractivity contribution in [2.75, 3.05) is 0 Å². The maximum absolute atomic E-state index is 10.3. The van der Waals surface area contributed by atoms with Crippen LogP contribution in [0.1, 0.15) is 45.4 Å². The molecule has 0 saturated heterocycles. The van der Waals surface area contributed by atoms with Gasteiger partial charge in [0.1, 0.15) is 6.29 Å². The molecule has 1 aliphatic rings. The monoisotopic (exact) mass is 166 g/mol. The van der Waals surface area contributed by atoms with Gasteiger partial charge in [-0.15, -0.1) is 0 Å². The maximum Gasteiger partial charge on any atom is 0.142 e. The van der Waals surface area contributed by atoms with Gasteiger partial charge >= 0.3 is 0 Å². The zero-order valence-corrected chi connectivity index (χ0v) is 7.88. The van der Waals surface area contributed by atoms with Crippen molar-refractivity contribution >= 4 is 6.29 Å². The van der Waals surface area contributed by atoms with E-state index in [1.807, 2.05) is 0 Å². The van der Waals surface area contributed by atoms with Gasteiger partial charge in [-0.3, -0.25) is 4.79 Å². The standard InChI is InChI=1S/C11H18O/c1-2-10(8-9-12)11-6-4-3-5-7-11/h8-9,11H,2-7H2,1H3. The van der Waals surface area contributed by atoms with E-state index in [2.05, 4.69) is 6.92 Å². The van der Waals surface area contributed by atoms with Gasteiger partial charge in [-0.2, -0.15) is 0 Å². The lowest BCUT2D eigenvalue weighted by molar-refractivity contribution is -0.104. The van der Waals surface area contributed by atoms with Crippen LogP contribution in [-0.2, 0) is 4.79 Å². The lowest BCUT2D eigenvalue weighted by Crippen LogP contribution is -2.08. The van der Waals surface area contributed by atoms with Crippen LogP contribution in [-0.4, -0.2) is 6.29 Å². The van der Waals surface area contributed by atoms with E-state index in [4.69, 9.17) is 0 Å². The first-order valence-electron chi connectivity index (χ1n) is 5.02. The fraction of sp³-hybridized carbons (Fsp3) is 0.727. The fourth-order valence-corrected chi connectivity index (χ4v) is 2.10. The van der Waals surface area contributed by atoms with Crippen molar-refractivity contribution in [1.82, 2.24) is 0 Å². The first kappa shape index (κ1) is 9.50. The van der Waals surface area contributed by atoms with Crippen LogP contribution in [0.15, 0.2) is 11.6 Å². The van der Waals surface area contributed by atoms with Crippen LogP contribution in [0.4, 0.5) is 0 Å². The third-order valence-electron chi connectivity index (χ3n) is 2.82. The third-order valence-corrected chi connectivity index (χ3v) is 2.82. The van der Waals surface area contributed by atoms with Crippen LogP contribution >= 0.6 is 0 Å². The van der Waals surface area contributed by atoms with Gasteiger partial charge in [0.2, 0.25) is 0 Å². The Bertz CT molecular complexity index is 164. The summed E-state index contributed by atoms with van der Waals surface area (Å²) < 4.78 is 0. The van der Waals surface area contributed by atoms with Crippen molar-refractivity contribution in [3.05, 3.63) is 11.6 Å². The minimum absolute atomic E-state index is 0.717. The van der Waals surface area contributed by atoms with Gasteiger partial charge in [0, 0.05) is 0 Å². The second kappa shape index (κ2) is 5.13. The van der Waals surface area contributed by atoms with E-state index in [0.717, 1.165) is 12.7 Å². The van der Waals surface area contributed by atoms with Crippen molar-refractivity contribution in [1.29, 1.82) is 0 Å². The van der Waals surface area contributed by atoms with Crippen molar-refractivity contribution in [2.45, 2.75) is 45.4 Å². The van der Waals surface area contributed by atoms with E-state index in [-0.39, 0.29) is 0 Å². The van der Waals surface area contributed by atoms with Crippen LogP contribution in [0.2, 0.25) is 0 Å². The molecule has 1 nitrogen and oxygen atoms in total.